The molecule has 1 aromatic carbocycles. The molecular formula is C19H21ClN2O5. The minimum Gasteiger partial charge on any atom is -0.467 e. The first-order valence-electron chi connectivity index (χ1n) is 9.18. The lowest BCUT2D eigenvalue weighted by molar-refractivity contribution is -0.144. The summed E-state index contributed by atoms with van der Waals surface area (Å²) in [6.07, 6.45) is 3.73. The van der Waals surface area contributed by atoms with Crippen molar-refractivity contribution in [3.63, 3.8) is 0 Å². The Morgan fingerprint density at radius 1 is 1.15 bits per heavy atom. The summed E-state index contributed by atoms with van der Waals surface area (Å²) in [5, 5.41) is 0.459. The van der Waals surface area contributed by atoms with Crippen molar-refractivity contribution in [1.82, 2.24) is 9.80 Å². The lowest BCUT2D eigenvalue weighted by Crippen LogP contribution is -2.46. The first kappa shape index (κ1) is 18.3. The first-order valence-corrected chi connectivity index (χ1v) is 9.56. The van der Waals surface area contributed by atoms with Crippen LogP contribution in [0.5, 0.6) is 5.75 Å². The van der Waals surface area contributed by atoms with E-state index in [1.165, 1.54) is 0 Å². The molecule has 2 heterocycles. The molecule has 2 atom stereocenters. The number of hydrogen-bond acceptors (Lipinski definition) is 5. The maximum absolute atomic E-state index is 12.9. The summed E-state index contributed by atoms with van der Waals surface area (Å²) in [6.45, 7) is 2.41. The molecule has 3 aliphatic rings. The average molecular weight is 393 g/mol. The van der Waals surface area contributed by atoms with Crippen LogP contribution in [-0.2, 0) is 27.5 Å². The molecule has 7 nitrogen and oxygen atoms in total. The van der Waals surface area contributed by atoms with Crippen molar-refractivity contribution in [2.75, 3.05) is 6.79 Å². The predicted octanol–water partition coefficient (Wildman–Crippen LogP) is 3.08. The number of ether oxygens (including phenoxy) is 2. The third kappa shape index (κ3) is 3.19. The van der Waals surface area contributed by atoms with Crippen LogP contribution in [-0.4, -0.2) is 40.5 Å². The fraction of sp³-hybridized carbons (Fsp3) is 0.526. The molecule has 1 aromatic rings. The van der Waals surface area contributed by atoms with Crippen molar-refractivity contribution in [2.45, 2.75) is 51.8 Å². The third-order valence-corrected chi connectivity index (χ3v) is 5.78. The largest absolute Gasteiger partial charge is 0.467 e. The standard InChI is InChI=1S/C19H21ClN2O5/c1-11-4-2-3-5-15(11)22-18(24)17(23)21(19(22)25)8-12-6-14(20)7-13-9-26-10-27-16(12)13/h6-7,11,15H,2-5,8-10H2,1H3/t11-,15+/m1/s1. The van der Waals surface area contributed by atoms with Gasteiger partial charge in [-0.15, -0.1) is 0 Å². The molecule has 2 aliphatic heterocycles. The van der Waals surface area contributed by atoms with E-state index >= 15 is 0 Å². The Balaban J connectivity index is 1.62. The van der Waals surface area contributed by atoms with Crippen LogP contribution in [0.2, 0.25) is 5.02 Å². The Morgan fingerprint density at radius 2 is 1.93 bits per heavy atom. The van der Waals surface area contributed by atoms with E-state index in [-0.39, 0.29) is 25.3 Å². The number of hydrogen-bond donors (Lipinski definition) is 0. The van der Waals surface area contributed by atoms with Crippen molar-refractivity contribution in [2.24, 2.45) is 5.92 Å². The van der Waals surface area contributed by atoms with Gasteiger partial charge in [-0.05, 0) is 30.9 Å². The number of carbonyl (C=O) groups is 3. The van der Waals surface area contributed by atoms with Crippen LogP contribution in [0.1, 0.15) is 43.7 Å². The van der Waals surface area contributed by atoms with Crippen LogP contribution < -0.4 is 4.74 Å². The molecule has 4 amide bonds. The van der Waals surface area contributed by atoms with E-state index < -0.39 is 17.8 Å². The third-order valence-electron chi connectivity index (χ3n) is 5.56. The van der Waals surface area contributed by atoms with E-state index in [1.54, 1.807) is 12.1 Å². The predicted molar refractivity (Wildman–Crippen MR) is 95.9 cm³/mol. The van der Waals surface area contributed by atoms with Crippen molar-refractivity contribution in [3.05, 3.63) is 28.3 Å². The summed E-state index contributed by atoms with van der Waals surface area (Å²) in [5.41, 5.74) is 1.35. The molecule has 144 valence electrons. The van der Waals surface area contributed by atoms with Crippen LogP contribution in [0.3, 0.4) is 0 Å². The molecule has 0 unspecified atom stereocenters. The lowest BCUT2D eigenvalue weighted by Gasteiger charge is -2.34. The van der Waals surface area contributed by atoms with Crippen LogP contribution in [0, 0.1) is 5.92 Å². The number of imide groups is 2. The number of halogens is 1. The molecular weight excluding hydrogens is 372 g/mol. The fourth-order valence-electron chi connectivity index (χ4n) is 4.18. The summed E-state index contributed by atoms with van der Waals surface area (Å²) in [7, 11) is 0. The van der Waals surface area contributed by atoms with E-state index in [2.05, 4.69) is 0 Å². The molecule has 0 radical (unpaired) electrons. The maximum Gasteiger partial charge on any atom is 0.334 e. The van der Waals surface area contributed by atoms with E-state index in [1.807, 2.05) is 6.92 Å². The van der Waals surface area contributed by atoms with Gasteiger partial charge in [-0.2, -0.15) is 0 Å². The monoisotopic (exact) mass is 392 g/mol. The van der Waals surface area contributed by atoms with E-state index in [0.29, 0.717) is 22.9 Å². The highest BCUT2D eigenvalue weighted by molar-refractivity contribution is 6.44. The lowest BCUT2D eigenvalue weighted by atomic mass is 9.85. The number of amides is 4. The number of carbonyl (C=O) groups excluding carboxylic acids is 3. The first-order chi connectivity index (χ1) is 13.0. The van der Waals surface area contributed by atoms with Gasteiger partial charge in [0, 0.05) is 22.2 Å². The Bertz CT molecular complexity index is 812. The highest BCUT2D eigenvalue weighted by atomic mass is 35.5. The summed E-state index contributed by atoms with van der Waals surface area (Å²) in [4.78, 5) is 40.2. The molecule has 1 saturated carbocycles. The zero-order valence-corrected chi connectivity index (χ0v) is 15.8. The van der Waals surface area contributed by atoms with E-state index in [9.17, 15) is 14.4 Å². The molecule has 27 heavy (non-hydrogen) atoms. The highest BCUT2D eigenvalue weighted by Gasteiger charge is 2.49. The van der Waals surface area contributed by atoms with Gasteiger partial charge in [0.25, 0.3) is 0 Å². The Morgan fingerprint density at radius 3 is 2.70 bits per heavy atom. The van der Waals surface area contributed by atoms with Gasteiger partial charge in [-0.1, -0.05) is 31.4 Å². The molecule has 1 saturated heterocycles. The smallest absolute Gasteiger partial charge is 0.334 e. The minimum absolute atomic E-state index is 0.0517. The molecule has 8 heteroatoms. The van der Waals surface area contributed by atoms with Gasteiger partial charge in [-0.25, -0.2) is 4.79 Å². The number of fused-ring (bicyclic) bond motifs is 1. The quantitative estimate of drug-likeness (QED) is 0.583. The Hall–Kier alpha value is -2.12. The average Bonchev–Trinajstić information content (AvgIpc) is 2.86. The molecule has 0 spiro atoms. The second kappa shape index (κ2) is 7.13. The number of rotatable bonds is 3. The molecule has 0 N–H and O–H groups in total. The summed E-state index contributed by atoms with van der Waals surface area (Å²) in [6, 6.07) is 2.62. The minimum atomic E-state index is -0.793. The van der Waals surface area contributed by atoms with Gasteiger partial charge in [0.1, 0.15) is 5.75 Å². The van der Waals surface area contributed by atoms with Crippen molar-refractivity contribution < 1.29 is 23.9 Å². The van der Waals surface area contributed by atoms with Crippen LogP contribution in [0.25, 0.3) is 0 Å². The second-order valence-corrected chi connectivity index (χ2v) is 7.78. The maximum atomic E-state index is 12.9. The van der Waals surface area contributed by atoms with Crippen molar-refractivity contribution in [3.8, 4) is 5.75 Å². The Kier molecular flexibility index (Phi) is 4.82. The van der Waals surface area contributed by atoms with Gasteiger partial charge in [0.15, 0.2) is 6.79 Å². The number of benzene rings is 1. The zero-order chi connectivity index (χ0) is 19.1. The zero-order valence-electron chi connectivity index (χ0n) is 15.1. The van der Waals surface area contributed by atoms with Gasteiger partial charge in [0.05, 0.1) is 13.2 Å². The molecule has 0 bridgehead atoms. The molecule has 4 rings (SSSR count). The molecule has 2 fully saturated rings. The normalized spacial score (nSPS) is 25.6. The summed E-state index contributed by atoms with van der Waals surface area (Å²) < 4.78 is 10.8. The summed E-state index contributed by atoms with van der Waals surface area (Å²) >= 11 is 6.16. The van der Waals surface area contributed by atoms with Crippen molar-refractivity contribution >= 4 is 29.4 Å². The van der Waals surface area contributed by atoms with Crippen LogP contribution in [0.15, 0.2) is 12.1 Å². The Labute approximate surface area is 162 Å². The summed E-state index contributed by atoms with van der Waals surface area (Å²) in [5.74, 6) is -0.778. The van der Waals surface area contributed by atoms with Crippen LogP contribution in [0.4, 0.5) is 4.79 Å². The van der Waals surface area contributed by atoms with Gasteiger partial charge < -0.3 is 9.47 Å². The van der Waals surface area contributed by atoms with E-state index in [0.717, 1.165) is 41.0 Å². The fourth-order valence-corrected chi connectivity index (χ4v) is 4.44. The second-order valence-electron chi connectivity index (χ2n) is 7.34. The SMILES string of the molecule is C[C@@H]1CCCC[C@@H]1N1C(=O)C(=O)N(Cc2cc(Cl)cc3c2OCOC3)C1=O. The number of nitrogens with zero attached hydrogens (tertiary/aromatic N) is 2. The highest BCUT2D eigenvalue weighted by Crippen LogP contribution is 2.35. The van der Waals surface area contributed by atoms with Crippen molar-refractivity contribution in [1.29, 1.82) is 0 Å². The van der Waals surface area contributed by atoms with E-state index in [4.69, 9.17) is 21.1 Å². The number of urea groups is 1. The van der Waals surface area contributed by atoms with Gasteiger partial charge >= 0.3 is 17.8 Å². The topological polar surface area (TPSA) is 76.2 Å². The van der Waals surface area contributed by atoms with Gasteiger partial charge in [0.2, 0.25) is 0 Å². The van der Waals surface area contributed by atoms with Gasteiger partial charge in [-0.3, -0.25) is 19.4 Å². The molecule has 1 aliphatic carbocycles. The van der Waals surface area contributed by atoms with Crippen LogP contribution >= 0.6 is 11.6 Å². The molecule has 0 aromatic heterocycles.